The van der Waals surface area contributed by atoms with E-state index in [-0.39, 0.29) is 18.6 Å². The molecule has 1 N–H and O–H groups in total. The highest BCUT2D eigenvalue weighted by molar-refractivity contribution is 7.92. The maximum absolute atomic E-state index is 12.0. The van der Waals surface area contributed by atoms with Crippen LogP contribution in [0.2, 0.25) is 0 Å². The average Bonchev–Trinajstić information content (AvgIpc) is 2.44. The Morgan fingerprint density at radius 2 is 1.87 bits per heavy atom. The minimum atomic E-state index is -3.55. The van der Waals surface area contributed by atoms with Gasteiger partial charge in [0.05, 0.1) is 18.0 Å². The molecule has 0 aliphatic heterocycles. The van der Waals surface area contributed by atoms with Gasteiger partial charge in [0.2, 0.25) is 15.9 Å². The zero-order chi connectivity index (χ0) is 17.5. The SMILES string of the molecule is CCCCNC(=O)CN(c1ccc(OC(C)C)cc1)S(C)(=O)=O. The standard InChI is InChI=1S/C16H26N2O4S/c1-5-6-11-17-16(19)12-18(23(4,20)21)14-7-9-15(10-8-14)22-13(2)3/h7-10,13H,5-6,11-12H2,1-4H3,(H,17,19). The summed E-state index contributed by atoms with van der Waals surface area (Å²) in [6.07, 6.45) is 2.96. The van der Waals surface area contributed by atoms with Crippen LogP contribution < -0.4 is 14.4 Å². The number of hydrogen-bond donors (Lipinski definition) is 1. The molecule has 0 aliphatic carbocycles. The highest BCUT2D eigenvalue weighted by Crippen LogP contribution is 2.22. The number of sulfonamides is 1. The van der Waals surface area contributed by atoms with E-state index < -0.39 is 10.0 Å². The second kappa shape index (κ2) is 8.76. The van der Waals surface area contributed by atoms with Crippen LogP contribution in [0.3, 0.4) is 0 Å². The molecule has 0 unspecified atom stereocenters. The van der Waals surface area contributed by atoms with Gasteiger partial charge in [-0.05, 0) is 44.5 Å². The van der Waals surface area contributed by atoms with Gasteiger partial charge in [-0.15, -0.1) is 0 Å². The van der Waals surface area contributed by atoms with Crippen LogP contribution in [-0.2, 0) is 14.8 Å². The number of nitrogens with one attached hydrogen (secondary N) is 1. The largest absolute Gasteiger partial charge is 0.491 e. The van der Waals surface area contributed by atoms with E-state index in [9.17, 15) is 13.2 Å². The van der Waals surface area contributed by atoms with Gasteiger partial charge in [-0.2, -0.15) is 0 Å². The van der Waals surface area contributed by atoms with Crippen LogP contribution in [0, 0.1) is 0 Å². The van der Waals surface area contributed by atoms with Crippen LogP contribution >= 0.6 is 0 Å². The maximum atomic E-state index is 12.0. The van der Waals surface area contributed by atoms with Gasteiger partial charge in [0.25, 0.3) is 0 Å². The molecule has 0 heterocycles. The molecule has 0 atom stereocenters. The molecule has 0 saturated carbocycles. The lowest BCUT2D eigenvalue weighted by Crippen LogP contribution is -2.40. The van der Waals surface area contributed by atoms with E-state index in [1.807, 2.05) is 20.8 Å². The summed E-state index contributed by atoms with van der Waals surface area (Å²) in [5.74, 6) is 0.344. The van der Waals surface area contributed by atoms with Gasteiger partial charge in [-0.1, -0.05) is 13.3 Å². The molecule has 0 spiro atoms. The second-order valence-corrected chi connectivity index (χ2v) is 7.54. The van der Waals surface area contributed by atoms with Crippen molar-refractivity contribution in [2.24, 2.45) is 0 Å². The van der Waals surface area contributed by atoms with Crippen molar-refractivity contribution in [2.75, 3.05) is 23.7 Å². The van der Waals surface area contributed by atoms with Gasteiger partial charge in [0.1, 0.15) is 12.3 Å². The van der Waals surface area contributed by atoms with Crippen molar-refractivity contribution in [3.05, 3.63) is 24.3 Å². The molecule has 130 valence electrons. The summed E-state index contributed by atoms with van der Waals surface area (Å²) < 4.78 is 30.6. The van der Waals surface area contributed by atoms with Crippen molar-refractivity contribution in [3.8, 4) is 5.75 Å². The highest BCUT2D eigenvalue weighted by Gasteiger charge is 2.20. The van der Waals surface area contributed by atoms with Gasteiger partial charge in [0, 0.05) is 6.54 Å². The third kappa shape index (κ3) is 6.90. The Bertz CT molecular complexity index is 597. The molecule has 6 nitrogen and oxygen atoms in total. The molecule has 0 bridgehead atoms. The predicted molar refractivity (Wildman–Crippen MR) is 92.3 cm³/mol. The third-order valence-corrected chi connectivity index (χ3v) is 4.18. The van der Waals surface area contributed by atoms with Gasteiger partial charge in [-0.25, -0.2) is 8.42 Å². The lowest BCUT2D eigenvalue weighted by atomic mass is 10.3. The third-order valence-electron chi connectivity index (χ3n) is 3.04. The second-order valence-electron chi connectivity index (χ2n) is 5.63. The molecule has 1 rings (SSSR count). The van der Waals surface area contributed by atoms with E-state index in [2.05, 4.69) is 5.32 Å². The number of unbranched alkanes of at least 4 members (excludes halogenated alkanes) is 1. The zero-order valence-corrected chi connectivity index (χ0v) is 15.0. The summed E-state index contributed by atoms with van der Waals surface area (Å²) >= 11 is 0. The fourth-order valence-electron chi connectivity index (χ4n) is 1.95. The molecule has 0 radical (unpaired) electrons. The first-order valence-electron chi connectivity index (χ1n) is 7.75. The van der Waals surface area contributed by atoms with Crippen LogP contribution in [0.5, 0.6) is 5.75 Å². The van der Waals surface area contributed by atoms with Gasteiger partial charge in [-0.3, -0.25) is 9.10 Å². The molecule has 1 amide bonds. The predicted octanol–water partition coefficient (Wildman–Crippen LogP) is 2.16. The number of nitrogens with zero attached hydrogens (tertiary/aromatic N) is 1. The molecule has 0 fully saturated rings. The lowest BCUT2D eigenvalue weighted by Gasteiger charge is -2.22. The Kier molecular flexibility index (Phi) is 7.35. The van der Waals surface area contributed by atoms with E-state index in [1.165, 1.54) is 0 Å². The minimum Gasteiger partial charge on any atom is -0.491 e. The van der Waals surface area contributed by atoms with Crippen molar-refractivity contribution in [1.29, 1.82) is 0 Å². The Morgan fingerprint density at radius 1 is 1.26 bits per heavy atom. The van der Waals surface area contributed by atoms with Crippen LogP contribution in [0.15, 0.2) is 24.3 Å². The number of hydrogen-bond acceptors (Lipinski definition) is 4. The Morgan fingerprint density at radius 3 is 2.35 bits per heavy atom. The summed E-state index contributed by atoms with van der Waals surface area (Å²) in [4.78, 5) is 11.9. The van der Waals surface area contributed by atoms with E-state index >= 15 is 0 Å². The first-order chi connectivity index (χ1) is 10.7. The summed E-state index contributed by atoms with van der Waals surface area (Å²) in [7, 11) is -3.55. The molecule has 0 saturated heterocycles. The fourth-order valence-corrected chi connectivity index (χ4v) is 2.81. The summed E-state index contributed by atoms with van der Waals surface area (Å²) in [6.45, 7) is 6.17. The molecule has 0 aliphatic rings. The number of carbonyl (C=O) groups is 1. The number of rotatable bonds is 9. The van der Waals surface area contributed by atoms with E-state index in [1.54, 1.807) is 24.3 Å². The number of amides is 1. The van der Waals surface area contributed by atoms with Crippen molar-refractivity contribution in [2.45, 2.75) is 39.7 Å². The van der Waals surface area contributed by atoms with Crippen LogP contribution in [0.1, 0.15) is 33.6 Å². The number of anilines is 1. The summed E-state index contributed by atoms with van der Waals surface area (Å²) in [6, 6.07) is 6.67. The van der Waals surface area contributed by atoms with Crippen LogP contribution in [-0.4, -0.2) is 39.8 Å². The molecule has 1 aromatic rings. The summed E-state index contributed by atoms with van der Waals surface area (Å²) in [5, 5.41) is 2.72. The van der Waals surface area contributed by atoms with Crippen molar-refractivity contribution >= 4 is 21.6 Å². The van der Waals surface area contributed by atoms with Crippen molar-refractivity contribution in [3.63, 3.8) is 0 Å². The van der Waals surface area contributed by atoms with Gasteiger partial charge < -0.3 is 10.1 Å². The van der Waals surface area contributed by atoms with Crippen LogP contribution in [0.4, 0.5) is 5.69 Å². The average molecular weight is 342 g/mol. The maximum Gasteiger partial charge on any atom is 0.240 e. The smallest absolute Gasteiger partial charge is 0.240 e. The molecular formula is C16H26N2O4S. The molecule has 7 heteroatoms. The first kappa shape index (κ1) is 19.3. The van der Waals surface area contributed by atoms with E-state index in [4.69, 9.17) is 4.74 Å². The van der Waals surface area contributed by atoms with E-state index in [0.29, 0.717) is 18.0 Å². The lowest BCUT2D eigenvalue weighted by molar-refractivity contribution is -0.119. The Hall–Kier alpha value is -1.76. The normalized spacial score (nSPS) is 11.3. The Balaban J connectivity index is 2.84. The van der Waals surface area contributed by atoms with E-state index in [0.717, 1.165) is 23.4 Å². The fraction of sp³-hybridized carbons (Fsp3) is 0.562. The molecule has 1 aromatic carbocycles. The number of benzene rings is 1. The molecule has 23 heavy (non-hydrogen) atoms. The van der Waals surface area contributed by atoms with Gasteiger partial charge in [0.15, 0.2) is 0 Å². The quantitative estimate of drug-likeness (QED) is 0.698. The Labute approximate surface area is 138 Å². The zero-order valence-electron chi connectivity index (χ0n) is 14.2. The molecular weight excluding hydrogens is 316 g/mol. The first-order valence-corrected chi connectivity index (χ1v) is 9.60. The van der Waals surface area contributed by atoms with Crippen LogP contribution in [0.25, 0.3) is 0 Å². The molecule has 0 aromatic heterocycles. The topological polar surface area (TPSA) is 75.7 Å². The minimum absolute atomic E-state index is 0.0382. The highest BCUT2D eigenvalue weighted by atomic mass is 32.2. The monoisotopic (exact) mass is 342 g/mol. The van der Waals surface area contributed by atoms with Crippen molar-refractivity contribution in [1.82, 2.24) is 5.32 Å². The van der Waals surface area contributed by atoms with Gasteiger partial charge >= 0.3 is 0 Å². The van der Waals surface area contributed by atoms with Crippen molar-refractivity contribution < 1.29 is 17.9 Å². The number of ether oxygens (including phenoxy) is 1. The number of carbonyl (C=O) groups excluding carboxylic acids is 1. The summed E-state index contributed by atoms with van der Waals surface area (Å²) in [5.41, 5.74) is 0.439.